The number of nitrogens with one attached hydrogen (secondary N) is 1. The number of halogens is 1. The molecule has 0 radical (unpaired) electrons. The Hall–Kier alpha value is -1.97. The van der Waals surface area contributed by atoms with Crippen LogP contribution in [0.25, 0.3) is 0 Å². The van der Waals surface area contributed by atoms with Crippen LogP contribution in [0.4, 0.5) is 16.2 Å². The van der Waals surface area contributed by atoms with E-state index in [0.717, 1.165) is 5.56 Å². The van der Waals surface area contributed by atoms with Crippen molar-refractivity contribution in [3.63, 3.8) is 0 Å². The molecule has 0 saturated heterocycles. The average Bonchev–Trinajstić information content (AvgIpc) is 2.65. The minimum absolute atomic E-state index is 0.0152. The summed E-state index contributed by atoms with van der Waals surface area (Å²) < 4.78 is 5.18. The van der Waals surface area contributed by atoms with Gasteiger partial charge in [-0.15, -0.1) is 11.6 Å². The van der Waals surface area contributed by atoms with E-state index in [1.165, 1.54) is 33.9 Å². The fourth-order valence-electron chi connectivity index (χ4n) is 1.71. The van der Waals surface area contributed by atoms with Gasteiger partial charge in [0, 0.05) is 22.9 Å². The van der Waals surface area contributed by atoms with Crippen molar-refractivity contribution in [3.8, 4) is 0 Å². The summed E-state index contributed by atoms with van der Waals surface area (Å²) in [5.41, 5.74) is 1.55. The summed E-state index contributed by atoms with van der Waals surface area (Å²) in [6, 6.07) is 10.2. The van der Waals surface area contributed by atoms with Crippen LogP contribution in [0.5, 0.6) is 0 Å². The number of rotatable bonds is 8. The quantitative estimate of drug-likeness (QED) is 0.278. The van der Waals surface area contributed by atoms with Crippen LogP contribution in [0.2, 0.25) is 0 Å². The third kappa shape index (κ3) is 6.74. The molecular weight excluding hydrogens is 398 g/mol. The first-order valence-corrected chi connectivity index (χ1v) is 10.2. The molecule has 138 valence electrons. The van der Waals surface area contributed by atoms with Crippen molar-refractivity contribution in [1.82, 2.24) is 4.98 Å². The van der Waals surface area contributed by atoms with E-state index in [9.17, 15) is 14.9 Å². The van der Waals surface area contributed by atoms with Crippen LogP contribution >= 0.6 is 33.2 Å². The first-order valence-electron chi connectivity index (χ1n) is 7.50. The van der Waals surface area contributed by atoms with E-state index in [4.69, 9.17) is 16.3 Å². The molecule has 0 aliphatic heterocycles. The van der Waals surface area contributed by atoms with Crippen LogP contribution in [0, 0.1) is 10.1 Å². The highest BCUT2D eigenvalue weighted by molar-refractivity contribution is 8.76. The van der Waals surface area contributed by atoms with Gasteiger partial charge in [0.05, 0.1) is 4.92 Å². The number of carbonyl (C=O) groups is 1. The Labute approximate surface area is 163 Å². The van der Waals surface area contributed by atoms with E-state index < -0.39 is 11.0 Å². The van der Waals surface area contributed by atoms with Crippen molar-refractivity contribution in [1.29, 1.82) is 0 Å². The molecule has 0 aliphatic rings. The Balaban J connectivity index is 1.70. The van der Waals surface area contributed by atoms with E-state index in [1.54, 1.807) is 18.2 Å². The molecule has 1 aromatic carbocycles. The van der Waals surface area contributed by atoms with Crippen molar-refractivity contribution in [3.05, 3.63) is 58.3 Å². The Kier molecular flexibility index (Phi) is 8.02. The van der Waals surface area contributed by atoms with Gasteiger partial charge in [0.25, 0.3) is 5.69 Å². The lowest BCUT2D eigenvalue weighted by Gasteiger charge is -2.12. The molecule has 1 atom stereocenters. The number of carbonyl (C=O) groups excluding carboxylic acids is 1. The molecule has 26 heavy (non-hydrogen) atoms. The molecule has 0 fully saturated rings. The van der Waals surface area contributed by atoms with Gasteiger partial charge in [0.1, 0.15) is 17.8 Å². The van der Waals surface area contributed by atoms with E-state index in [0.29, 0.717) is 16.6 Å². The second-order valence-electron chi connectivity index (χ2n) is 5.16. The molecule has 0 aliphatic carbocycles. The minimum Gasteiger partial charge on any atom is -0.448 e. The highest BCUT2D eigenvalue weighted by Crippen LogP contribution is 2.33. The zero-order valence-electron chi connectivity index (χ0n) is 13.8. The maximum absolute atomic E-state index is 11.8. The molecular formula is C16H16ClN3O4S2. The molecule has 10 heteroatoms. The number of nitro groups is 1. The molecule has 2 rings (SSSR count). The lowest BCUT2D eigenvalue weighted by Crippen LogP contribution is -2.18. The number of nitrogens with zero attached hydrogens (tertiary/aromatic N) is 2. The zero-order chi connectivity index (χ0) is 18.9. The predicted octanol–water partition coefficient (Wildman–Crippen LogP) is 5.11. The second-order valence-corrected chi connectivity index (χ2v) is 8.08. The number of pyridine rings is 1. The third-order valence-corrected chi connectivity index (χ3v) is 6.10. The number of benzene rings is 1. The molecule has 0 bridgehead atoms. The Morgan fingerprint density at radius 3 is 2.65 bits per heavy atom. The van der Waals surface area contributed by atoms with Crippen LogP contribution in [-0.2, 0) is 10.6 Å². The van der Waals surface area contributed by atoms with E-state index >= 15 is 0 Å². The highest BCUT2D eigenvalue weighted by Gasteiger charge is 2.11. The largest absolute Gasteiger partial charge is 0.448 e. The molecule has 1 heterocycles. The summed E-state index contributed by atoms with van der Waals surface area (Å²) in [5, 5.41) is 13.9. The Morgan fingerprint density at radius 1 is 1.35 bits per heavy atom. The number of hydrogen-bond donors (Lipinski definition) is 1. The average molecular weight is 414 g/mol. The number of anilines is 1. The fourth-order valence-corrected chi connectivity index (χ4v) is 3.75. The monoisotopic (exact) mass is 413 g/mol. The Morgan fingerprint density at radius 2 is 2.08 bits per heavy atom. The molecule has 7 nitrogen and oxygen atoms in total. The standard InChI is InChI=1S/C16H16ClN3O4S2/c1-11(25-26-15-7-6-14(9-18-15)20(22)23)10-24-16(21)19-13-4-2-12(8-17)3-5-13/h2-7,9,11H,8,10H2,1H3,(H,19,21)/t11-/m1/s1. The minimum atomic E-state index is -0.533. The van der Waals surface area contributed by atoms with E-state index in [1.807, 2.05) is 19.1 Å². The number of amides is 1. The maximum Gasteiger partial charge on any atom is 0.411 e. The van der Waals surface area contributed by atoms with Gasteiger partial charge in [-0.1, -0.05) is 22.9 Å². The van der Waals surface area contributed by atoms with E-state index in [-0.39, 0.29) is 17.5 Å². The summed E-state index contributed by atoms with van der Waals surface area (Å²) in [6.45, 7) is 2.13. The van der Waals surface area contributed by atoms with Gasteiger partial charge >= 0.3 is 6.09 Å². The van der Waals surface area contributed by atoms with Crippen molar-refractivity contribution in [2.75, 3.05) is 11.9 Å². The van der Waals surface area contributed by atoms with Gasteiger partial charge in [-0.3, -0.25) is 15.4 Å². The van der Waals surface area contributed by atoms with Crippen LogP contribution in [0.15, 0.2) is 47.6 Å². The van der Waals surface area contributed by atoms with Gasteiger partial charge in [0.2, 0.25) is 0 Å². The van der Waals surface area contributed by atoms with Gasteiger partial charge in [-0.25, -0.2) is 9.78 Å². The second kappa shape index (κ2) is 10.2. The predicted molar refractivity (Wildman–Crippen MR) is 105 cm³/mol. The SMILES string of the molecule is C[C@H](COC(=O)Nc1ccc(CCl)cc1)SSc1ccc([N+](=O)[O-])cn1. The van der Waals surface area contributed by atoms with Crippen molar-refractivity contribution in [2.45, 2.75) is 23.1 Å². The number of aromatic nitrogens is 1. The molecule has 1 N–H and O–H groups in total. The first kappa shape index (κ1) is 20.3. The van der Waals surface area contributed by atoms with Crippen molar-refractivity contribution < 1.29 is 14.5 Å². The van der Waals surface area contributed by atoms with Crippen LogP contribution < -0.4 is 5.32 Å². The van der Waals surface area contributed by atoms with Crippen molar-refractivity contribution in [2.24, 2.45) is 0 Å². The molecule has 2 aromatic rings. The molecule has 1 amide bonds. The topological polar surface area (TPSA) is 94.4 Å². The van der Waals surface area contributed by atoms with Gasteiger partial charge in [-0.05, 0) is 41.5 Å². The van der Waals surface area contributed by atoms with Crippen molar-refractivity contribution >= 4 is 50.7 Å². The summed E-state index contributed by atoms with van der Waals surface area (Å²) in [7, 11) is 2.83. The van der Waals surface area contributed by atoms with Gasteiger partial charge in [-0.2, -0.15) is 0 Å². The maximum atomic E-state index is 11.8. The molecule has 0 saturated carbocycles. The zero-order valence-corrected chi connectivity index (χ0v) is 16.1. The fraction of sp³-hybridized carbons (Fsp3) is 0.250. The molecule has 1 aromatic heterocycles. The smallest absolute Gasteiger partial charge is 0.411 e. The number of ether oxygens (including phenoxy) is 1. The summed E-state index contributed by atoms with van der Waals surface area (Å²) >= 11 is 5.71. The molecule has 0 spiro atoms. The lowest BCUT2D eigenvalue weighted by molar-refractivity contribution is -0.385. The summed E-state index contributed by atoms with van der Waals surface area (Å²) in [5.74, 6) is 0.417. The number of alkyl halides is 1. The van der Waals surface area contributed by atoms with Crippen LogP contribution in [0.3, 0.4) is 0 Å². The number of hydrogen-bond acceptors (Lipinski definition) is 7. The van der Waals surface area contributed by atoms with E-state index in [2.05, 4.69) is 10.3 Å². The lowest BCUT2D eigenvalue weighted by atomic mass is 10.2. The Bertz CT molecular complexity index is 744. The first-order chi connectivity index (χ1) is 12.5. The summed E-state index contributed by atoms with van der Waals surface area (Å²) in [6.07, 6.45) is 0.682. The van der Waals surface area contributed by atoms with Crippen LogP contribution in [0.1, 0.15) is 12.5 Å². The van der Waals surface area contributed by atoms with Gasteiger partial charge in [0.15, 0.2) is 0 Å². The van der Waals surface area contributed by atoms with Gasteiger partial charge < -0.3 is 4.74 Å². The normalized spacial score (nSPS) is 11.6. The third-order valence-electron chi connectivity index (χ3n) is 3.03. The van der Waals surface area contributed by atoms with Crippen LogP contribution in [-0.4, -0.2) is 27.9 Å². The molecule has 0 unspecified atom stereocenters. The highest BCUT2D eigenvalue weighted by atomic mass is 35.5. The summed E-state index contributed by atoms with van der Waals surface area (Å²) in [4.78, 5) is 25.9.